The molecule has 2 rings (SSSR count). The number of rotatable bonds is 3. The first-order valence-electron chi connectivity index (χ1n) is 6.64. The maximum atomic E-state index is 13.4. The number of carbonyl (C=O) groups is 1. The van der Waals surface area contributed by atoms with E-state index in [1.807, 2.05) is 0 Å². The molecule has 0 aromatic heterocycles. The fraction of sp³-hybridized carbons (Fsp3) is 0.533. The Balaban J connectivity index is 2.13. The summed E-state index contributed by atoms with van der Waals surface area (Å²) in [6, 6.07) is 4.73. The van der Waals surface area contributed by atoms with Gasteiger partial charge in [-0.1, -0.05) is 24.6 Å². The third kappa shape index (κ3) is 3.47. The number of carboxylic acids is 1. The van der Waals surface area contributed by atoms with Crippen molar-refractivity contribution in [1.82, 2.24) is 0 Å². The quantitative estimate of drug-likeness (QED) is 0.905. The van der Waals surface area contributed by atoms with Gasteiger partial charge in [-0.05, 0) is 55.2 Å². The van der Waals surface area contributed by atoms with Gasteiger partial charge in [-0.2, -0.15) is 0 Å². The molecule has 0 saturated heterocycles. The minimum absolute atomic E-state index is 0.0850. The molecule has 1 aliphatic rings. The van der Waals surface area contributed by atoms with Crippen molar-refractivity contribution >= 4 is 17.6 Å². The molecule has 3 atom stereocenters. The highest BCUT2D eigenvalue weighted by atomic mass is 35.5. The summed E-state index contributed by atoms with van der Waals surface area (Å²) in [6.45, 7) is 2.15. The highest BCUT2D eigenvalue weighted by Crippen LogP contribution is 2.36. The minimum atomic E-state index is -0.730. The molecule has 0 heterocycles. The molecule has 0 amide bonds. The smallest absolute Gasteiger partial charge is 0.306 e. The van der Waals surface area contributed by atoms with E-state index in [2.05, 4.69) is 6.92 Å². The van der Waals surface area contributed by atoms with Gasteiger partial charge in [0.2, 0.25) is 0 Å². The van der Waals surface area contributed by atoms with Crippen LogP contribution in [0, 0.1) is 23.6 Å². The summed E-state index contributed by atoms with van der Waals surface area (Å²) in [6.07, 6.45) is 3.18. The van der Waals surface area contributed by atoms with Gasteiger partial charge in [0.25, 0.3) is 0 Å². The number of aliphatic carboxylic acids is 1. The van der Waals surface area contributed by atoms with E-state index in [-0.39, 0.29) is 16.9 Å². The molecule has 19 heavy (non-hydrogen) atoms. The van der Waals surface area contributed by atoms with Gasteiger partial charge in [0.15, 0.2) is 0 Å². The van der Waals surface area contributed by atoms with E-state index < -0.39 is 11.8 Å². The van der Waals surface area contributed by atoms with E-state index in [0.717, 1.165) is 24.8 Å². The van der Waals surface area contributed by atoms with Crippen LogP contribution in [0.1, 0.15) is 31.7 Å². The fourth-order valence-corrected chi connectivity index (χ4v) is 3.14. The van der Waals surface area contributed by atoms with Crippen molar-refractivity contribution in [1.29, 1.82) is 0 Å². The molecule has 0 spiro atoms. The molecule has 0 aliphatic heterocycles. The van der Waals surface area contributed by atoms with Crippen molar-refractivity contribution in [3.8, 4) is 0 Å². The molecule has 1 aliphatic carbocycles. The number of hydrogen-bond acceptors (Lipinski definition) is 1. The first-order valence-corrected chi connectivity index (χ1v) is 7.02. The van der Waals surface area contributed by atoms with Crippen LogP contribution in [-0.2, 0) is 11.2 Å². The van der Waals surface area contributed by atoms with E-state index in [1.165, 1.54) is 12.1 Å². The summed E-state index contributed by atoms with van der Waals surface area (Å²) in [5.74, 6) is -0.851. The average molecular weight is 285 g/mol. The third-order valence-electron chi connectivity index (χ3n) is 4.04. The molecule has 1 aromatic carbocycles. The van der Waals surface area contributed by atoms with Crippen molar-refractivity contribution < 1.29 is 14.3 Å². The predicted octanol–water partition coefficient (Wildman–Crippen LogP) is 4.16. The first-order chi connectivity index (χ1) is 8.97. The van der Waals surface area contributed by atoms with Gasteiger partial charge < -0.3 is 5.11 Å². The highest BCUT2D eigenvalue weighted by Gasteiger charge is 2.33. The lowest BCUT2D eigenvalue weighted by molar-refractivity contribution is -0.145. The molecule has 1 saturated carbocycles. The van der Waals surface area contributed by atoms with Crippen molar-refractivity contribution in [3.05, 3.63) is 34.6 Å². The normalized spacial score (nSPS) is 27.2. The summed E-state index contributed by atoms with van der Waals surface area (Å²) >= 11 is 5.66. The molecule has 3 unspecified atom stereocenters. The van der Waals surface area contributed by atoms with Crippen LogP contribution in [0.4, 0.5) is 4.39 Å². The van der Waals surface area contributed by atoms with E-state index in [9.17, 15) is 14.3 Å². The number of hydrogen-bond donors (Lipinski definition) is 1. The summed E-state index contributed by atoms with van der Waals surface area (Å²) < 4.78 is 13.4. The lowest BCUT2D eigenvalue weighted by Crippen LogP contribution is -2.31. The van der Waals surface area contributed by atoms with Crippen LogP contribution in [-0.4, -0.2) is 11.1 Å². The van der Waals surface area contributed by atoms with Gasteiger partial charge >= 0.3 is 5.97 Å². The molecule has 0 radical (unpaired) electrons. The van der Waals surface area contributed by atoms with Crippen LogP contribution >= 0.6 is 11.6 Å². The molecule has 104 valence electrons. The first kappa shape index (κ1) is 14.3. The zero-order chi connectivity index (χ0) is 14.0. The topological polar surface area (TPSA) is 37.3 Å². The van der Waals surface area contributed by atoms with Gasteiger partial charge in [0.05, 0.1) is 10.9 Å². The van der Waals surface area contributed by atoms with Crippen LogP contribution in [0.15, 0.2) is 18.2 Å². The van der Waals surface area contributed by atoms with Gasteiger partial charge in [-0.3, -0.25) is 4.79 Å². The maximum Gasteiger partial charge on any atom is 0.306 e. The Labute approximate surface area is 117 Å². The van der Waals surface area contributed by atoms with E-state index in [4.69, 9.17) is 11.6 Å². The molecule has 1 fully saturated rings. The Bertz CT molecular complexity index is 475. The molecule has 1 aromatic rings. The molecular weight excluding hydrogens is 267 g/mol. The van der Waals surface area contributed by atoms with Crippen LogP contribution in [0.25, 0.3) is 0 Å². The Kier molecular flexibility index (Phi) is 4.46. The second kappa shape index (κ2) is 5.91. The van der Waals surface area contributed by atoms with Gasteiger partial charge in [0.1, 0.15) is 5.82 Å². The zero-order valence-electron chi connectivity index (χ0n) is 10.9. The standard InChI is InChI=1S/C15H18ClFO2/c1-9-2-4-12(15(18)19)11(6-9)7-10-3-5-13(16)14(17)8-10/h3,5,8-9,11-12H,2,4,6-7H2,1H3,(H,18,19). The third-order valence-corrected chi connectivity index (χ3v) is 4.35. The minimum Gasteiger partial charge on any atom is -0.481 e. The summed E-state index contributed by atoms with van der Waals surface area (Å²) in [4.78, 5) is 11.3. The van der Waals surface area contributed by atoms with E-state index in [1.54, 1.807) is 6.07 Å². The van der Waals surface area contributed by atoms with Crippen LogP contribution < -0.4 is 0 Å². The van der Waals surface area contributed by atoms with Crippen molar-refractivity contribution in [3.63, 3.8) is 0 Å². The fourth-order valence-electron chi connectivity index (χ4n) is 3.02. The number of benzene rings is 1. The van der Waals surface area contributed by atoms with Crippen molar-refractivity contribution in [2.75, 3.05) is 0 Å². The molecule has 0 bridgehead atoms. The highest BCUT2D eigenvalue weighted by molar-refractivity contribution is 6.30. The molecule has 2 nitrogen and oxygen atoms in total. The summed E-state index contributed by atoms with van der Waals surface area (Å²) in [7, 11) is 0. The second-order valence-electron chi connectivity index (χ2n) is 5.58. The van der Waals surface area contributed by atoms with Crippen molar-refractivity contribution in [2.24, 2.45) is 17.8 Å². The van der Waals surface area contributed by atoms with E-state index in [0.29, 0.717) is 12.3 Å². The maximum absolute atomic E-state index is 13.4. The lowest BCUT2D eigenvalue weighted by Gasteiger charge is -2.32. The largest absolute Gasteiger partial charge is 0.481 e. The van der Waals surface area contributed by atoms with Gasteiger partial charge in [0, 0.05) is 0 Å². The SMILES string of the molecule is CC1CCC(C(=O)O)C(Cc2ccc(Cl)c(F)c2)C1. The molecular formula is C15H18ClFO2. The number of carboxylic acid groups (broad SMARTS) is 1. The average Bonchev–Trinajstić information content (AvgIpc) is 2.33. The van der Waals surface area contributed by atoms with E-state index >= 15 is 0 Å². The van der Waals surface area contributed by atoms with Crippen LogP contribution in [0.5, 0.6) is 0 Å². The van der Waals surface area contributed by atoms with Crippen LogP contribution in [0.3, 0.4) is 0 Å². The van der Waals surface area contributed by atoms with Gasteiger partial charge in [-0.25, -0.2) is 4.39 Å². The second-order valence-corrected chi connectivity index (χ2v) is 5.98. The number of halogens is 2. The zero-order valence-corrected chi connectivity index (χ0v) is 11.7. The van der Waals surface area contributed by atoms with Gasteiger partial charge in [-0.15, -0.1) is 0 Å². The molecule has 1 N–H and O–H groups in total. The van der Waals surface area contributed by atoms with Crippen molar-refractivity contribution in [2.45, 2.75) is 32.6 Å². The predicted molar refractivity (Wildman–Crippen MR) is 72.7 cm³/mol. The summed E-state index contributed by atoms with van der Waals surface area (Å²) in [5.41, 5.74) is 0.826. The lowest BCUT2D eigenvalue weighted by atomic mass is 9.72. The summed E-state index contributed by atoms with van der Waals surface area (Å²) in [5, 5.41) is 9.38. The molecule has 4 heteroatoms. The Morgan fingerprint density at radius 2 is 2.21 bits per heavy atom. The monoisotopic (exact) mass is 284 g/mol. The Hall–Kier alpha value is -1.09. The van der Waals surface area contributed by atoms with Crippen LogP contribution in [0.2, 0.25) is 5.02 Å². The Morgan fingerprint density at radius 3 is 2.84 bits per heavy atom. The Morgan fingerprint density at radius 1 is 1.47 bits per heavy atom.